The van der Waals surface area contributed by atoms with Crippen LogP contribution in [-0.4, -0.2) is 34.0 Å². The summed E-state index contributed by atoms with van der Waals surface area (Å²) in [5.74, 6) is 0.0272. The van der Waals surface area contributed by atoms with E-state index in [4.69, 9.17) is 11.6 Å². The Labute approximate surface area is 154 Å². The fraction of sp³-hybridized carbons (Fsp3) is 0.263. The SMILES string of the molecule is O=C(c1cc2ccncc2s1)N1CCC(O)(c2ccc(Cl)cc2)CC1. The van der Waals surface area contributed by atoms with E-state index < -0.39 is 5.60 Å². The summed E-state index contributed by atoms with van der Waals surface area (Å²) in [6.07, 6.45) is 4.56. The van der Waals surface area contributed by atoms with Crippen LogP contribution in [0.5, 0.6) is 0 Å². The second kappa shape index (κ2) is 6.41. The van der Waals surface area contributed by atoms with Crippen molar-refractivity contribution in [3.8, 4) is 0 Å². The highest BCUT2D eigenvalue weighted by atomic mass is 35.5. The molecule has 1 fully saturated rings. The molecule has 0 atom stereocenters. The zero-order valence-electron chi connectivity index (χ0n) is 13.5. The third kappa shape index (κ3) is 3.15. The number of pyridine rings is 1. The summed E-state index contributed by atoms with van der Waals surface area (Å²) in [5, 5.41) is 12.6. The van der Waals surface area contributed by atoms with Crippen LogP contribution in [0.4, 0.5) is 0 Å². The first-order chi connectivity index (χ1) is 12.0. The Bertz CT molecular complexity index is 882. The summed E-state index contributed by atoms with van der Waals surface area (Å²) in [4.78, 5) is 19.4. The van der Waals surface area contributed by atoms with E-state index in [1.807, 2.05) is 29.2 Å². The molecule has 1 saturated heterocycles. The molecule has 0 radical (unpaired) electrons. The number of benzene rings is 1. The van der Waals surface area contributed by atoms with Gasteiger partial charge in [-0.15, -0.1) is 11.3 Å². The van der Waals surface area contributed by atoms with E-state index in [1.54, 1.807) is 24.5 Å². The number of thiophene rings is 1. The fourth-order valence-electron chi connectivity index (χ4n) is 3.27. The van der Waals surface area contributed by atoms with Gasteiger partial charge in [-0.1, -0.05) is 23.7 Å². The molecule has 6 heteroatoms. The van der Waals surface area contributed by atoms with Gasteiger partial charge in [-0.05, 0) is 48.1 Å². The van der Waals surface area contributed by atoms with Gasteiger partial charge in [0.15, 0.2) is 0 Å². The number of carbonyl (C=O) groups excluding carboxylic acids is 1. The summed E-state index contributed by atoms with van der Waals surface area (Å²) in [7, 11) is 0. The molecule has 0 unspecified atom stereocenters. The number of rotatable bonds is 2. The predicted octanol–water partition coefficient (Wildman–Crippen LogP) is 4.07. The monoisotopic (exact) mass is 372 g/mol. The van der Waals surface area contributed by atoms with E-state index >= 15 is 0 Å². The third-order valence-electron chi connectivity index (χ3n) is 4.79. The van der Waals surface area contributed by atoms with Gasteiger partial charge in [-0.25, -0.2) is 0 Å². The Morgan fingerprint density at radius 2 is 1.92 bits per heavy atom. The lowest BCUT2D eigenvalue weighted by Crippen LogP contribution is -2.45. The number of hydrogen-bond acceptors (Lipinski definition) is 4. The maximum absolute atomic E-state index is 12.8. The summed E-state index contributed by atoms with van der Waals surface area (Å²) in [6.45, 7) is 1.06. The molecule has 1 N–H and O–H groups in total. The van der Waals surface area contributed by atoms with E-state index in [9.17, 15) is 9.90 Å². The van der Waals surface area contributed by atoms with Crippen molar-refractivity contribution in [1.82, 2.24) is 9.88 Å². The van der Waals surface area contributed by atoms with Gasteiger partial charge in [0, 0.05) is 30.5 Å². The molecular formula is C19H17ClN2O2S. The smallest absolute Gasteiger partial charge is 0.263 e. The van der Waals surface area contributed by atoms with Crippen LogP contribution in [0.15, 0.2) is 48.8 Å². The Morgan fingerprint density at radius 3 is 2.60 bits per heavy atom. The molecule has 0 spiro atoms. The second-order valence-electron chi connectivity index (χ2n) is 6.35. The van der Waals surface area contributed by atoms with Gasteiger partial charge in [0.2, 0.25) is 0 Å². The number of hydrogen-bond donors (Lipinski definition) is 1. The topological polar surface area (TPSA) is 53.4 Å². The van der Waals surface area contributed by atoms with E-state index in [-0.39, 0.29) is 5.91 Å². The van der Waals surface area contributed by atoms with Crippen LogP contribution in [0.2, 0.25) is 5.02 Å². The number of aromatic nitrogens is 1. The van der Waals surface area contributed by atoms with Gasteiger partial charge >= 0.3 is 0 Å². The average Bonchev–Trinajstić information content (AvgIpc) is 3.06. The highest BCUT2D eigenvalue weighted by molar-refractivity contribution is 7.20. The van der Waals surface area contributed by atoms with Crippen molar-refractivity contribution in [3.05, 3.63) is 64.3 Å². The lowest BCUT2D eigenvalue weighted by atomic mass is 9.84. The van der Waals surface area contributed by atoms with Gasteiger partial charge in [-0.2, -0.15) is 0 Å². The van der Waals surface area contributed by atoms with Crippen molar-refractivity contribution >= 4 is 38.9 Å². The number of carbonyl (C=O) groups is 1. The van der Waals surface area contributed by atoms with Crippen molar-refractivity contribution in [2.45, 2.75) is 18.4 Å². The summed E-state index contributed by atoms with van der Waals surface area (Å²) >= 11 is 7.39. The quantitative estimate of drug-likeness (QED) is 0.737. The molecule has 1 aliphatic rings. The van der Waals surface area contributed by atoms with Crippen LogP contribution in [0, 0.1) is 0 Å². The highest BCUT2D eigenvalue weighted by Gasteiger charge is 2.35. The van der Waals surface area contributed by atoms with Gasteiger partial charge in [-0.3, -0.25) is 9.78 Å². The van der Waals surface area contributed by atoms with E-state index in [0.29, 0.717) is 31.0 Å². The molecule has 3 aromatic rings. The number of halogens is 1. The van der Waals surface area contributed by atoms with Crippen LogP contribution >= 0.6 is 22.9 Å². The Kier molecular flexibility index (Phi) is 4.23. The molecule has 3 heterocycles. The Morgan fingerprint density at radius 1 is 1.20 bits per heavy atom. The van der Waals surface area contributed by atoms with E-state index in [1.165, 1.54) is 11.3 Å². The first kappa shape index (κ1) is 16.5. The number of aliphatic hydroxyl groups is 1. The number of likely N-dealkylation sites (tertiary alicyclic amines) is 1. The number of nitrogens with zero attached hydrogens (tertiary/aromatic N) is 2. The van der Waals surface area contributed by atoms with Gasteiger partial charge in [0.05, 0.1) is 15.2 Å². The van der Waals surface area contributed by atoms with Crippen molar-refractivity contribution < 1.29 is 9.90 Å². The normalized spacial score (nSPS) is 17.0. The van der Waals surface area contributed by atoms with Crippen molar-refractivity contribution in [2.75, 3.05) is 13.1 Å². The number of piperidine rings is 1. The lowest BCUT2D eigenvalue weighted by Gasteiger charge is -2.38. The molecule has 0 saturated carbocycles. The summed E-state index contributed by atoms with van der Waals surface area (Å²) in [5.41, 5.74) is -0.0391. The minimum atomic E-state index is -0.897. The Hall–Kier alpha value is -1.95. The molecule has 4 rings (SSSR count). The average molecular weight is 373 g/mol. The van der Waals surface area contributed by atoms with Gasteiger partial charge in [0.25, 0.3) is 5.91 Å². The number of amides is 1. The van der Waals surface area contributed by atoms with Crippen LogP contribution < -0.4 is 0 Å². The minimum absolute atomic E-state index is 0.0272. The first-order valence-electron chi connectivity index (χ1n) is 8.16. The van der Waals surface area contributed by atoms with Crippen LogP contribution in [0.25, 0.3) is 10.1 Å². The van der Waals surface area contributed by atoms with Crippen LogP contribution in [0.3, 0.4) is 0 Å². The van der Waals surface area contributed by atoms with Crippen LogP contribution in [0.1, 0.15) is 28.1 Å². The molecule has 0 aliphatic carbocycles. The molecule has 25 heavy (non-hydrogen) atoms. The second-order valence-corrected chi connectivity index (χ2v) is 7.88. The zero-order chi connectivity index (χ0) is 17.4. The maximum atomic E-state index is 12.8. The van der Waals surface area contributed by atoms with Crippen LogP contribution in [-0.2, 0) is 5.60 Å². The summed E-state index contributed by atoms with van der Waals surface area (Å²) < 4.78 is 1.01. The molecule has 0 bridgehead atoms. The summed E-state index contributed by atoms with van der Waals surface area (Å²) in [6, 6.07) is 11.1. The van der Waals surface area contributed by atoms with Gasteiger partial charge in [0.1, 0.15) is 0 Å². The third-order valence-corrected chi connectivity index (χ3v) is 6.12. The van der Waals surface area contributed by atoms with Crippen molar-refractivity contribution in [2.24, 2.45) is 0 Å². The molecule has 2 aromatic heterocycles. The van der Waals surface area contributed by atoms with Crippen molar-refractivity contribution in [3.63, 3.8) is 0 Å². The zero-order valence-corrected chi connectivity index (χ0v) is 15.1. The number of fused-ring (bicyclic) bond motifs is 1. The Balaban J connectivity index is 1.49. The van der Waals surface area contributed by atoms with E-state index in [2.05, 4.69) is 4.98 Å². The standard InChI is InChI=1S/C19H17ClN2O2S/c20-15-3-1-14(2-4-15)19(24)6-9-22(10-7-19)18(23)16-11-13-5-8-21-12-17(13)25-16/h1-5,8,11-12,24H,6-7,9-10H2. The highest BCUT2D eigenvalue weighted by Crippen LogP contribution is 2.34. The molecule has 4 nitrogen and oxygen atoms in total. The van der Waals surface area contributed by atoms with Crippen molar-refractivity contribution in [1.29, 1.82) is 0 Å². The first-order valence-corrected chi connectivity index (χ1v) is 9.36. The molecule has 128 valence electrons. The van der Waals surface area contributed by atoms with Gasteiger partial charge < -0.3 is 10.0 Å². The molecule has 1 aromatic carbocycles. The molecule has 1 amide bonds. The molecule has 1 aliphatic heterocycles. The molecular weight excluding hydrogens is 356 g/mol. The minimum Gasteiger partial charge on any atom is -0.385 e. The predicted molar refractivity (Wildman–Crippen MR) is 100 cm³/mol. The largest absolute Gasteiger partial charge is 0.385 e. The van der Waals surface area contributed by atoms with E-state index in [0.717, 1.165) is 20.5 Å². The maximum Gasteiger partial charge on any atom is 0.263 e. The lowest BCUT2D eigenvalue weighted by molar-refractivity contribution is -0.0210. The fourth-order valence-corrected chi connectivity index (χ4v) is 4.40.